The SMILES string of the molecule is CC(=O)c1ccc2c(c1)COC21CN(P)C1. The van der Waals surface area contributed by atoms with Crippen molar-refractivity contribution in [3.05, 3.63) is 34.9 Å². The minimum Gasteiger partial charge on any atom is -0.363 e. The third-order valence-corrected chi connectivity index (χ3v) is 3.79. The van der Waals surface area contributed by atoms with E-state index in [1.54, 1.807) is 6.92 Å². The first-order chi connectivity index (χ1) is 7.61. The molecule has 3 nitrogen and oxygen atoms in total. The molecule has 0 saturated carbocycles. The van der Waals surface area contributed by atoms with E-state index < -0.39 is 0 Å². The summed E-state index contributed by atoms with van der Waals surface area (Å²) in [4.78, 5) is 11.3. The fourth-order valence-corrected chi connectivity index (χ4v) is 3.13. The number of nitrogens with zero attached hydrogens (tertiary/aromatic N) is 1. The van der Waals surface area contributed by atoms with E-state index in [0.717, 1.165) is 18.7 Å². The summed E-state index contributed by atoms with van der Waals surface area (Å²) >= 11 is 0. The number of rotatable bonds is 1. The third-order valence-electron chi connectivity index (χ3n) is 3.42. The van der Waals surface area contributed by atoms with Gasteiger partial charge < -0.3 is 4.74 Å². The summed E-state index contributed by atoms with van der Waals surface area (Å²) < 4.78 is 8.05. The van der Waals surface area contributed by atoms with Crippen molar-refractivity contribution in [2.75, 3.05) is 13.1 Å². The second-order valence-corrected chi connectivity index (χ2v) is 5.35. The van der Waals surface area contributed by atoms with Crippen LogP contribution in [0.1, 0.15) is 28.4 Å². The molecule has 1 aromatic rings. The van der Waals surface area contributed by atoms with Gasteiger partial charge in [0.15, 0.2) is 5.78 Å². The van der Waals surface area contributed by atoms with Crippen molar-refractivity contribution in [2.45, 2.75) is 19.1 Å². The minimum absolute atomic E-state index is 0.105. The van der Waals surface area contributed by atoms with Crippen LogP contribution < -0.4 is 0 Å². The number of ether oxygens (including phenoxy) is 1. The number of fused-ring (bicyclic) bond motifs is 2. The molecule has 1 unspecified atom stereocenters. The number of benzene rings is 1. The van der Waals surface area contributed by atoms with E-state index in [1.807, 2.05) is 12.1 Å². The van der Waals surface area contributed by atoms with Gasteiger partial charge in [-0.05, 0) is 24.1 Å². The molecule has 1 spiro atoms. The zero-order valence-corrected chi connectivity index (χ0v) is 10.3. The van der Waals surface area contributed by atoms with Gasteiger partial charge in [0, 0.05) is 18.7 Å². The molecular formula is C12H14NO2P. The van der Waals surface area contributed by atoms with E-state index in [4.69, 9.17) is 4.74 Å². The zero-order valence-electron chi connectivity index (χ0n) is 9.19. The van der Waals surface area contributed by atoms with Gasteiger partial charge in [-0.2, -0.15) is 0 Å². The van der Waals surface area contributed by atoms with Crippen LogP contribution in [0.3, 0.4) is 0 Å². The van der Waals surface area contributed by atoms with Gasteiger partial charge in [-0.1, -0.05) is 21.5 Å². The molecule has 4 heteroatoms. The number of ketones is 1. The van der Waals surface area contributed by atoms with E-state index in [9.17, 15) is 4.79 Å². The Hall–Kier alpha value is -0.760. The molecule has 1 saturated heterocycles. The van der Waals surface area contributed by atoms with Crippen LogP contribution in [-0.4, -0.2) is 23.5 Å². The van der Waals surface area contributed by atoms with E-state index in [2.05, 4.69) is 20.1 Å². The lowest BCUT2D eigenvalue weighted by atomic mass is 9.86. The molecule has 0 radical (unpaired) electrons. The van der Waals surface area contributed by atoms with E-state index in [0.29, 0.717) is 6.61 Å². The van der Waals surface area contributed by atoms with Crippen LogP contribution in [0.5, 0.6) is 0 Å². The van der Waals surface area contributed by atoms with Gasteiger partial charge in [-0.25, -0.2) is 0 Å². The molecule has 0 bridgehead atoms. The van der Waals surface area contributed by atoms with Crippen molar-refractivity contribution in [3.63, 3.8) is 0 Å². The molecule has 1 aromatic carbocycles. The van der Waals surface area contributed by atoms with Crippen molar-refractivity contribution in [1.82, 2.24) is 4.67 Å². The van der Waals surface area contributed by atoms with Gasteiger partial charge in [-0.3, -0.25) is 9.46 Å². The van der Waals surface area contributed by atoms with Gasteiger partial charge in [0.25, 0.3) is 0 Å². The highest BCUT2D eigenvalue weighted by atomic mass is 31.0. The number of carbonyl (C=O) groups excluding carboxylic acids is 1. The molecule has 3 rings (SSSR count). The van der Waals surface area contributed by atoms with Crippen LogP contribution in [0.2, 0.25) is 0 Å². The smallest absolute Gasteiger partial charge is 0.159 e. The van der Waals surface area contributed by atoms with Crippen molar-refractivity contribution >= 4 is 15.2 Å². The summed E-state index contributed by atoms with van der Waals surface area (Å²) in [5.41, 5.74) is 3.11. The molecular weight excluding hydrogens is 221 g/mol. The molecule has 2 heterocycles. The summed E-state index contributed by atoms with van der Waals surface area (Å²) in [7, 11) is 2.69. The summed E-state index contributed by atoms with van der Waals surface area (Å²) in [6, 6.07) is 5.93. The van der Waals surface area contributed by atoms with Crippen molar-refractivity contribution in [2.24, 2.45) is 0 Å². The van der Waals surface area contributed by atoms with Crippen LogP contribution in [-0.2, 0) is 16.9 Å². The average molecular weight is 235 g/mol. The lowest BCUT2D eigenvalue weighted by molar-refractivity contribution is -0.109. The maximum absolute atomic E-state index is 11.3. The van der Waals surface area contributed by atoms with Gasteiger partial charge in [0.2, 0.25) is 0 Å². The number of Topliss-reactive ketones (excluding diaryl/α,β-unsaturated/α-hetero) is 1. The first-order valence-electron chi connectivity index (χ1n) is 5.39. The Morgan fingerprint density at radius 2 is 2.25 bits per heavy atom. The molecule has 16 heavy (non-hydrogen) atoms. The van der Waals surface area contributed by atoms with Gasteiger partial charge >= 0.3 is 0 Å². The first-order valence-corrected chi connectivity index (χ1v) is 5.90. The standard InChI is InChI=1S/C12H14NO2P/c1-8(14)9-2-3-11-10(4-9)5-15-12(11)6-13(16)7-12/h2-4H,5-7,16H2,1H3. The zero-order chi connectivity index (χ0) is 11.3. The fourth-order valence-electron chi connectivity index (χ4n) is 2.54. The number of carbonyl (C=O) groups is 1. The molecule has 2 aliphatic heterocycles. The molecule has 1 fully saturated rings. The number of hydrogen-bond donors (Lipinski definition) is 0. The average Bonchev–Trinajstić information content (AvgIpc) is 2.57. The highest BCUT2D eigenvalue weighted by Crippen LogP contribution is 2.44. The lowest BCUT2D eigenvalue weighted by Crippen LogP contribution is -2.54. The monoisotopic (exact) mass is 235 g/mol. The van der Waals surface area contributed by atoms with E-state index in [1.165, 1.54) is 11.1 Å². The highest BCUT2D eigenvalue weighted by Gasteiger charge is 2.48. The topological polar surface area (TPSA) is 29.5 Å². The van der Waals surface area contributed by atoms with Crippen molar-refractivity contribution < 1.29 is 9.53 Å². The maximum Gasteiger partial charge on any atom is 0.159 e. The molecule has 0 N–H and O–H groups in total. The Labute approximate surface area is 97.0 Å². The second-order valence-electron chi connectivity index (χ2n) is 4.62. The maximum atomic E-state index is 11.3. The Kier molecular flexibility index (Phi) is 2.19. The summed E-state index contributed by atoms with van der Waals surface area (Å²) in [5, 5.41) is 0. The second kappa shape index (κ2) is 3.36. The predicted molar refractivity (Wildman–Crippen MR) is 64.2 cm³/mol. The first kappa shape index (κ1) is 10.4. The Morgan fingerprint density at radius 3 is 2.88 bits per heavy atom. The van der Waals surface area contributed by atoms with Gasteiger partial charge in [-0.15, -0.1) is 0 Å². The molecule has 0 amide bonds. The molecule has 0 aliphatic carbocycles. The lowest BCUT2D eigenvalue weighted by Gasteiger charge is -2.45. The molecule has 1 atom stereocenters. The Morgan fingerprint density at radius 1 is 1.50 bits per heavy atom. The molecule has 84 valence electrons. The van der Waals surface area contributed by atoms with Crippen LogP contribution in [0.4, 0.5) is 0 Å². The van der Waals surface area contributed by atoms with Gasteiger partial charge in [0.1, 0.15) is 5.60 Å². The van der Waals surface area contributed by atoms with E-state index >= 15 is 0 Å². The number of hydrogen-bond acceptors (Lipinski definition) is 3. The van der Waals surface area contributed by atoms with Crippen LogP contribution in [0.25, 0.3) is 0 Å². The Balaban J connectivity index is 2.00. The summed E-state index contributed by atoms with van der Waals surface area (Å²) in [6.07, 6.45) is 0. The summed E-state index contributed by atoms with van der Waals surface area (Å²) in [6.45, 7) is 4.07. The quantitative estimate of drug-likeness (QED) is 0.548. The highest BCUT2D eigenvalue weighted by molar-refractivity contribution is 7.13. The van der Waals surface area contributed by atoms with Crippen molar-refractivity contribution in [3.8, 4) is 0 Å². The molecule has 2 aliphatic rings. The fraction of sp³-hybridized carbons (Fsp3) is 0.417. The molecule has 0 aromatic heterocycles. The minimum atomic E-state index is -0.105. The normalized spacial score (nSPS) is 21.9. The van der Waals surface area contributed by atoms with Crippen LogP contribution in [0, 0.1) is 0 Å². The third kappa shape index (κ3) is 1.36. The van der Waals surface area contributed by atoms with Crippen LogP contribution >= 0.6 is 9.39 Å². The summed E-state index contributed by atoms with van der Waals surface area (Å²) in [5.74, 6) is 0.116. The predicted octanol–water partition coefficient (Wildman–Crippen LogP) is 1.72. The van der Waals surface area contributed by atoms with Crippen LogP contribution in [0.15, 0.2) is 18.2 Å². The van der Waals surface area contributed by atoms with Gasteiger partial charge in [0.05, 0.1) is 6.61 Å². The van der Waals surface area contributed by atoms with E-state index in [-0.39, 0.29) is 11.4 Å². The Bertz CT molecular complexity index is 466. The largest absolute Gasteiger partial charge is 0.363 e. The van der Waals surface area contributed by atoms with Crippen molar-refractivity contribution in [1.29, 1.82) is 0 Å².